The molecule has 8 nitrogen and oxygen atoms in total. The Balaban J connectivity index is 2.33. The Hall–Kier alpha value is -2.35. The van der Waals surface area contributed by atoms with Gasteiger partial charge in [-0.15, -0.1) is 0 Å². The minimum absolute atomic E-state index is 0.0919. The molecule has 1 saturated heterocycles. The Morgan fingerprint density at radius 3 is 2.65 bits per heavy atom. The van der Waals surface area contributed by atoms with E-state index in [0.29, 0.717) is 23.7 Å². The Morgan fingerprint density at radius 1 is 1.26 bits per heavy atom. The quantitative estimate of drug-likeness (QED) is 0.831. The molecular formula is C15H22N6O2. The van der Waals surface area contributed by atoms with Gasteiger partial charge in [0.15, 0.2) is 11.2 Å². The van der Waals surface area contributed by atoms with E-state index in [1.54, 1.807) is 17.8 Å². The maximum absolute atomic E-state index is 12.6. The summed E-state index contributed by atoms with van der Waals surface area (Å²) in [6.07, 6.45) is 5.62. The fourth-order valence-electron chi connectivity index (χ4n) is 3.11. The topological polar surface area (TPSA) is 91.1 Å². The summed E-state index contributed by atoms with van der Waals surface area (Å²) >= 11 is 0. The first-order chi connectivity index (χ1) is 11.0. The summed E-state index contributed by atoms with van der Waals surface area (Å²) < 4.78 is 4.27. The van der Waals surface area contributed by atoms with E-state index in [1.807, 2.05) is 13.0 Å². The number of fused-ring (bicyclic) bond motifs is 1. The van der Waals surface area contributed by atoms with Gasteiger partial charge in [-0.3, -0.25) is 18.5 Å². The number of anilines is 1. The molecule has 0 saturated carbocycles. The first-order valence-electron chi connectivity index (χ1n) is 7.77. The van der Waals surface area contributed by atoms with Crippen LogP contribution < -0.4 is 21.9 Å². The van der Waals surface area contributed by atoms with Gasteiger partial charge < -0.3 is 10.6 Å². The second-order valence-corrected chi connectivity index (χ2v) is 5.99. The molecule has 8 heteroatoms. The Kier molecular flexibility index (Phi) is 3.85. The van der Waals surface area contributed by atoms with Gasteiger partial charge in [0.1, 0.15) is 0 Å². The standard InChI is InChI=1S/C15H22N6O2/c1-4-7-21-11-12(18(2)15(23)19(3)13(11)22)17-14(21)20-8-5-6-10(16)9-20/h4,7,10H,5-6,8-9,16H2,1-3H3. The number of rotatable bonds is 2. The second kappa shape index (κ2) is 5.69. The number of aromatic nitrogens is 4. The van der Waals surface area contributed by atoms with Crippen molar-refractivity contribution in [1.82, 2.24) is 18.7 Å². The van der Waals surface area contributed by atoms with E-state index < -0.39 is 0 Å². The molecule has 124 valence electrons. The van der Waals surface area contributed by atoms with Crippen LogP contribution in [0.25, 0.3) is 17.4 Å². The van der Waals surface area contributed by atoms with Crippen LogP contribution in [0.4, 0.5) is 5.95 Å². The van der Waals surface area contributed by atoms with Crippen molar-refractivity contribution >= 4 is 23.3 Å². The highest BCUT2D eigenvalue weighted by molar-refractivity contribution is 5.77. The first-order valence-corrected chi connectivity index (χ1v) is 7.77. The van der Waals surface area contributed by atoms with Gasteiger partial charge in [0.25, 0.3) is 5.56 Å². The molecule has 3 rings (SSSR count). The van der Waals surface area contributed by atoms with Gasteiger partial charge in [0, 0.05) is 39.4 Å². The number of imidazole rings is 1. The Labute approximate surface area is 133 Å². The van der Waals surface area contributed by atoms with Gasteiger partial charge in [0.05, 0.1) is 0 Å². The zero-order chi connectivity index (χ0) is 16.7. The highest BCUT2D eigenvalue weighted by Crippen LogP contribution is 2.23. The van der Waals surface area contributed by atoms with Crippen molar-refractivity contribution in [3.8, 4) is 0 Å². The van der Waals surface area contributed by atoms with Crippen LogP contribution in [0.1, 0.15) is 19.8 Å². The van der Waals surface area contributed by atoms with E-state index in [-0.39, 0.29) is 17.3 Å². The lowest BCUT2D eigenvalue weighted by Crippen LogP contribution is -2.43. The number of hydrogen-bond donors (Lipinski definition) is 1. The van der Waals surface area contributed by atoms with Crippen LogP contribution >= 0.6 is 0 Å². The predicted octanol–water partition coefficient (Wildman–Crippen LogP) is -0.148. The van der Waals surface area contributed by atoms with Crippen molar-refractivity contribution in [3.05, 3.63) is 26.9 Å². The molecule has 0 spiro atoms. The molecule has 0 aliphatic carbocycles. The number of aryl methyl sites for hydroxylation is 1. The molecule has 3 heterocycles. The molecule has 1 aliphatic rings. The van der Waals surface area contributed by atoms with Crippen LogP contribution in [0.2, 0.25) is 0 Å². The minimum Gasteiger partial charge on any atom is -0.340 e. The third-order valence-corrected chi connectivity index (χ3v) is 4.31. The minimum atomic E-state index is -0.380. The summed E-state index contributed by atoms with van der Waals surface area (Å²) in [6, 6.07) is 0.0919. The molecule has 0 amide bonds. The fraction of sp³-hybridized carbons (Fsp3) is 0.533. The third-order valence-electron chi connectivity index (χ3n) is 4.31. The molecule has 1 aliphatic heterocycles. The van der Waals surface area contributed by atoms with Crippen LogP contribution in [0, 0.1) is 0 Å². The van der Waals surface area contributed by atoms with E-state index in [0.717, 1.165) is 24.0 Å². The van der Waals surface area contributed by atoms with Crippen LogP contribution in [-0.4, -0.2) is 37.8 Å². The average Bonchev–Trinajstić information content (AvgIpc) is 2.91. The molecule has 0 bridgehead atoms. The molecule has 2 aromatic heterocycles. The molecular weight excluding hydrogens is 296 g/mol. The number of allylic oxidation sites excluding steroid dienone is 1. The van der Waals surface area contributed by atoms with E-state index in [1.165, 1.54) is 11.6 Å². The maximum atomic E-state index is 12.6. The highest BCUT2D eigenvalue weighted by Gasteiger charge is 2.24. The number of nitrogens with zero attached hydrogens (tertiary/aromatic N) is 5. The molecule has 2 N–H and O–H groups in total. The van der Waals surface area contributed by atoms with E-state index in [9.17, 15) is 9.59 Å². The summed E-state index contributed by atoms with van der Waals surface area (Å²) in [7, 11) is 3.11. The van der Waals surface area contributed by atoms with Crippen molar-refractivity contribution in [2.24, 2.45) is 19.8 Å². The largest absolute Gasteiger partial charge is 0.340 e. The Morgan fingerprint density at radius 2 is 2.00 bits per heavy atom. The lowest BCUT2D eigenvalue weighted by atomic mass is 10.1. The van der Waals surface area contributed by atoms with Crippen LogP contribution in [0.5, 0.6) is 0 Å². The molecule has 2 aromatic rings. The number of hydrogen-bond acceptors (Lipinski definition) is 5. The van der Waals surface area contributed by atoms with Gasteiger partial charge in [-0.1, -0.05) is 6.08 Å². The zero-order valence-electron chi connectivity index (χ0n) is 13.7. The summed E-state index contributed by atoms with van der Waals surface area (Å²) in [5.41, 5.74) is 6.14. The summed E-state index contributed by atoms with van der Waals surface area (Å²) in [4.78, 5) is 31.4. The zero-order valence-corrected chi connectivity index (χ0v) is 13.7. The molecule has 23 heavy (non-hydrogen) atoms. The molecule has 1 unspecified atom stereocenters. The van der Waals surface area contributed by atoms with Crippen molar-refractivity contribution in [2.45, 2.75) is 25.8 Å². The highest BCUT2D eigenvalue weighted by atomic mass is 16.2. The van der Waals surface area contributed by atoms with E-state index in [2.05, 4.69) is 9.88 Å². The molecule has 0 aromatic carbocycles. The summed E-state index contributed by atoms with van der Waals surface area (Å²) in [5.74, 6) is 0.659. The first kappa shape index (κ1) is 15.5. The SMILES string of the molecule is CC=Cn1c(N2CCCC(N)C2)nc2c1c(=O)n(C)c(=O)n2C. The second-order valence-electron chi connectivity index (χ2n) is 5.99. The van der Waals surface area contributed by atoms with E-state index in [4.69, 9.17) is 5.73 Å². The van der Waals surface area contributed by atoms with Gasteiger partial charge in [-0.25, -0.2) is 4.79 Å². The molecule has 0 radical (unpaired) electrons. The van der Waals surface area contributed by atoms with Crippen molar-refractivity contribution in [3.63, 3.8) is 0 Å². The van der Waals surface area contributed by atoms with Crippen LogP contribution in [0.3, 0.4) is 0 Å². The normalized spacial score (nSPS) is 19.1. The van der Waals surface area contributed by atoms with Gasteiger partial charge in [-0.2, -0.15) is 4.98 Å². The van der Waals surface area contributed by atoms with Gasteiger partial charge in [0.2, 0.25) is 5.95 Å². The number of piperidine rings is 1. The maximum Gasteiger partial charge on any atom is 0.332 e. The van der Waals surface area contributed by atoms with E-state index >= 15 is 0 Å². The third kappa shape index (κ3) is 2.39. The summed E-state index contributed by atoms with van der Waals surface area (Å²) in [6.45, 7) is 3.40. The smallest absolute Gasteiger partial charge is 0.332 e. The monoisotopic (exact) mass is 318 g/mol. The lowest BCUT2D eigenvalue weighted by Gasteiger charge is -2.31. The fourth-order valence-corrected chi connectivity index (χ4v) is 3.11. The van der Waals surface area contributed by atoms with Crippen molar-refractivity contribution in [1.29, 1.82) is 0 Å². The van der Waals surface area contributed by atoms with Crippen LogP contribution in [0.15, 0.2) is 15.7 Å². The predicted molar refractivity (Wildman–Crippen MR) is 90.6 cm³/mol. The average molecular weight is 318 g/mol. The van der Waals surface area contributed by atoms with Crippen LogP contribution in [-0.2, 0) is 14.1 Å². The Bertz CT molecular complexity index is 888. The summed E-state index contributed by atoms with van der Waals surface area (Å²) in [5, 5.41) is 0. The number of nitrogens with two attached hydrogens (primary N) is 1. The molecule has 1 atom stereocenters. The van der Waals surface area contributed by atoms with Gasteiger partial charge >= 0.3 is 5.69 Å². The van der Waals surface area contributed by atoms with Crippen molar-refractivity contribution in [2.75, 3.05) is 18.0 Å². The van der Waals surface area contributed by atoms with Gasteiger partial charge in [-0.05, 0) is 19.8 Å². The lowest BCUT2D eigenvalue weighted by molar-refractivity contribution is 0.499. The van der Waals surface area contributed by atoms with Crippen molar-refractivity contribution < 1.29 is 0 Å². The molecule has 1 fully saturated rings.